The molecule has 1 unspecified atom stereocenters. The second-order valence-electron chi connectivity index (χ2n) is 4.42. The van der Waals surface area contributed by atoms with Gasteiger partial charge < -0.3 is 15.2 Å². The fourth-order valence-electron chi connectivity index (χ4n) is 1.83. The molecule has 0 fully saturated rings. The fraction of sp³-hybridized carbons (Fsp3) is 0.188. The third-order valence-electron chi connectivity index (χ3n) is 2.93. The zero-order valence-corrected chi connectivity index (χ0v) is 11.2. The Morgan fingerprint density at radius 1 is 1.15 bits per heavy atom. The summed E-state index contributed by atoms with van der Waals surface area (Å²) in [6.07, 6.45) is -0.775. The van der Waals surface area contributed by atoms with Crippen LogP contribution in [-0.4, -0.2) is 24.2 Å². The minimum absolute atomic E-state index is 0.294. The van der Waals surface area contributed by atoms with Gasteiger partial charge in [0.05, 0.1) is 7.11 Å². The highest BCUT2D eigenvalue weighted by Gasteiger charge is 2.15. The second kappa shape index (κ2) is 6.73. The van der Waals surface area contributed by atoms with E-state index in [2.05, 4.69) is 5.32 Å². The van der Waals surface area contributed by atoms with Gasteiger partial charge in [-0.3, -0.25) is 4.79 Å². The lowest BCUT2D eigenvalue weighted by Crippen LogP contribution is -2.29. The summed E-state index contributed by atoms with van der Waals surface area (Å²) in [5.74, 6) is 0.298. The van der Waals surface area contributed by atoms with Crippen LogP contribution in [0.4, 0.5) is 5.69 Å². The highest BCUT2D eigenvalue weighted by molar-refractivity contribution is 5.94. The van der Waals surface area contributed by atoms with Gasteiger partial charge >= 0.3 is 0 Å². The van der Waals surface area contributed by atoms with Crippen LogP contribution in [0.25, 0.3) is 0 Å². The summed E-state index contributed by atoms with van der Waals surface area (Å²) in [5, 5.41) is 12.6. The Kier molecular flexibility index (Phi) is 4.74. The van der Waals surface area contributed by atoms with Gasteiger partial charge in [0.1, 0.15) is 11.9 Å². The predicted molar refractivity (Wildman–Crippen MR) is 77.8 cm³/mol. The summed E-state index contributed by atoms with van der Waals surface area (Å²) in [5.41, 5.74) is 1.55. The minimum atomic E-state index is -1.07. The highest BCUT2D eigenvalue weighted by Crippen LogP contribution is 2.15. The smallest absolute Gasteiger partial charge is 0.253 e. The van der Waals surface area contributed by atoms with Gasteiger partial charge in [0.2, 0.25) is 0 Å². The van der Waals surface area contributed by atoms with Crippen LogP contribution in [0.3, 0.4) is 0 Å². The standard InChI is InChI=1S/C16H17NO3/c1-20-14-9-7-13(8-10-14)17-16(19)15(18)11-12-5-3-2-4-6-12/h2-10,15,18H,11H2,1H3,(H,17,19). The molecule has 104 valence electrons. The number of ether oxygens (including phenoxy) is 1. The maximum Gasteiger partial charge on any atom is 0.253 e. The first kappa shape index (κ1) is 14.1. The number of hydrogen-bond acceptors (Lipinski definition) is 3. The summed E-state index contributed by atoms with van der Waals surface area (Å²) in [6, 6.07) is 16.4. The Bertz CT molecular complexity index is 552. The van der Waals surface area contributed by atoms with E-state index in [9.17, 15) is 9.90 Å². The number of carbonyl (C=O) groups is 1. The van der Waals surface area contributed by atoms with Crippen LogP contribution < -0.4 is 10.1 Å². The first-order chi connectivity index (χ1) is 9.69. The molecule has 2 aromatic rings. The van der Waals surface area contributed by atoms with Gasteiger partial charge in [0.25, 0.3) is 5.91 Å². The third-order valence-corrected chi connectivity index (χ3v) is 2.93. The summed E-state index contributed by atoms with van der Waals surface area (Å²) in [6.45, 7) is 0. The summed E-state index contributed by atoms with van der Waals surface area (Å²) in [4.78, 5) is 11.9. The van der Waals surface area contributed by atoms with Gasteiger partial charge in [-0.1, -0.05) is 30.3 Å². The number of aliphatic hydroxyl groups is 1. The van der Waals surface area contributed by atoms with E-state index in [1.807, 2.05) is 30.3 Å². The third kappa shape index (κ3) is 3.83. The largest absolute Gasteiger partial charge is 0.497 e. The van der Waals surface area contributed by atoms with Crippen molar-refractivity contribution in [3.8, 4) is 5.75 Å². The van der Waals surface area contributed by atoms with Crippen molar-refractivity contribution >= 4 is 11.6 Å². The number of nitrogens with one attached hydrogen (secondary N) is 1. The summed E-state index contributed by atoms with van der Waals surface area (Å²) in [7, 11) is 1.58. The predicted octanol–water partition coefficient (Wildman–Crippen LogP) is 2.24. The number of amides is 1. The van der Waals surface area contributed by atoms with Crippen LogP contribution in [0.1, 0.15) is 5.56 Å². The number of anilines is 1. The van der Waals surface area contributed by atoms with E-state index in [-0.39, 0.29) is 0 Å². The average Bonchev–Trinajstić information content (AvgIpc) is 2.49. The van der Waals surface area contributed by atoms with Crippen LogP contribution in [0.5, 0.6) is 5.75 Å². The van der Waals surface area contributed by atoms with Gasteiger partial charge in [-0.2, -0.15) is 0 Å². The van der Waals surface area contributed by atoms with E-state index in [1.54, 1.807) is 31.4 Å². The molecule has 0 aliphatic carbocycles. The molecule has 4 nitrogen and oxygen atoms in total. The Balaban J connectivity index is 1.93. The summed E-state index contributed by atoms with van der Waals surface area (Å²) >= 11 is 0. The number of carbonyl (C=O) groups excluding carboxylic acids is 1. The van der Waals surface area contributed by atoms with Crippen molar-refractivity contribution < 1.29 is 14.6 Å². The quantitative estimate of drug-likeness (QED) is 0.876. The van der Waals surface area contributed by atoms with E-state index in [4.69, 9.17) is 4.74 Å². The van der Waals surface area contributed by atoms with E-state index >= 15 is 0 Å². The maximum atomic E-state index is 11.9. The van der Waals surface area contributed by atoms with Crippen molar-refractivity contribution in [1.29, 1.82) is 0 Å². The van der Waals surface area contributed by atoms with Crippen molar-refractivity contribution in [3.63, 3.8) is 0 Å². The number of aliphatic hydroxyl groups excluding tert-OH is 1. The van der Waals surface area contributed by atoms with Crippen LogP contribution in [0, 0.1) is 0 Å². The molecule has 0 heterocycles. The Morgan fingerprint density at radius 3 is 2.40 bits per heavy atom. The van der Waals surface area contributed by atoms with Crippen molar-refractivity contribution in [1.82, 2.24) is 0 Å². The van der Waals surface area contributed by atoms with Gasteiger partial charge in [0, 0.05) is 12.1 Å². The molecule has 0 saturated heterocycles. The molecule has 2 N–H and O–H groups in total. The Labute approximate surface area is 118 Å². The van der Waals surface area contributed by atoms with Gasteiger partial charge in [-0.05, 0) is 29.8 Å². The van der Waals surface area contributed by atoms with Crippen LogP contribution in [0.15, 0.2) is 54.6 Å². The molecule has 1 amide bonds. The molecule has 0 spiro atoms. The molecule has 20 heavy (non-hydrogen) atoms. The lowest BCUT2D eigenvalue weighted by molar-refractivity contribution is -0.123. The lowest BCUT2D eigenvalue weighted by atomic mass is 10.1. The second-order valence-corrected chi connectivity index (χ2v) is 4.42. The van der Waals surface area contributed by atoms with E-state index in [0.29, 0.717) is 17.9 Å². The van der Waals surface area contributed by atoms with Gasteiger partial charge in [-0.15, -0.1) is 0 Å². The zero-order chi connectivity index (χ0) is 14.4. The van der Waals surface area contributed by atoms with Crippen molar-refractivity contribution in [2.75, 3.05) is 12.4 Å². The Morgan fingerprint density at radius 2 is 1.80 bits per heavy atom. The van der Waals surface area contributed by atoms with E-state index in [0.717, 1.165) is 5.56 Å². The molecule has 0 radical (unpaired) electrons. The summed E-state index contributed by atoms with van der Waals surface area (Å²) < 4.78 is 5.04. The monoisotopic (exact) mass is 271 g/mol. The lowest BCUT2D eigenvalue weighted by Gasteiger charge is -2.11. The van der Waals surface area contributed by atoms with Crippen molar-refractivity contribution in [2.24, 2.45) is 0 Å². The van der Waals surface area contributed by atoms with Crippen molar-refractivity contribution in [2.45, 2.75) is 12.5 Å². The first-order valence-corrected chi connectivity index (χ1v) is 6.36. The van der Waals surface area contributed by atoms with Gasteiger partial charge in [0.15, 0.2) is 0 Å². The van der Waals surface area contributed by atoms with E-state index in [1.165, 1.54) is 0 Å². The minimum Gasteiger partial charge on any atom is -0.497 e. The molecule has 4 heteroatoms. The first-order valence-electron chi connectivity index (χ1n) is 6.36. The number of benzene rings is 2. The molecular weight excluding hydrogens is 254 g/mol. The Hall–Kier alpha value is -2.33. The number of methoxy groups -OCH3 is 1. The van der Waals surface area contributed by atoms with Crippen LogP contribution >= 0.6 is 0 Å². The molecule has 0 aliphatic heterocycles. The number of rotatable bonds is 5. The molecular formula is C16H17NO3. The van der Waals surface area contributed by atoms with E-state index < -0.39 is 12.0 Å². The normalized spacial score (nSPS) is 11.7. The van der Waals surface area contributed by atoms with Crippen LogP contribution in [-0.2, 0) is 11.2 Å². The number of hydrogen-bond donors (Lipinski definition) is 2. The molecule has 2 rings (SSSR count). The SMILES string of the molecule is COc1ccc(NC(=O)C(O)Cc2ccccc2)cc1. The highest BCUT2D eigenvalue weighted by atomic mass is 16.5. The molecule has 0 bridgehead atoms. The van der Waals surface area contributed by atoms with Gasteiger partial charge in [-0.25, -0.2) is 0 Å². The topological polar surface area (TPSA) is 58.6 Å². The molecule has 1 atom stereocenters. The molecule has 2 aromatic carbocycles. The van der Waals surface area contributed by atoms with Crippen molar-refractivity contribution in [3.05, 3.63) is 60.2 Å². The zero-order valence-electron chi connectivity index (χ0n) is 11.2. The average molecular weight is 271 g/mol. The fourth-order valence-corrected chi connectivity index (χ4v) is 1.83. The molecule has 0 aromatic heterocycles. The molecule has 0 aliphatic rings. The molecule has 0 saturated carbocycles. The van der Waals surface area contributed by atoms with Crippen LogP contribution in [0.2, 0.25) is 0 Å². The maximum absolute atomic E-state index is 11.9.